The van der Waals surface area contributed by atoms with Crippen LogP contribution in [0.5, 0.6) is 0 Å². The predicted molar refractivity (Wildman–Crippen MR) is 51.6 cm³/mol. The number of fused-ring (bicyclic) bond motifs is 1. The van der Waals surface area contributed by atoms with Gasteiger partial charge in [0.25, 0.3) is 0 Å². The Bertz CT molecular complexity index is 389. The average Bonchev–Trinajstić information content (AvgIpc) is 2.39. The van der Waals surface area contributed by atoms with Crippen molar-refractivity contribution in [3.05, 3.63) is 28.2 Å². The topological polar surface area (TPSA) is 46.2 Å². The number of carbonyl (C=O) groups is 2. The van der Waals surface area contributed by atoms with Gasteiger partial charge in [-0.3, -0.25) is 4.79 Å². The van der Waals surface area contributed by atoms with Gasteiger partial charge in [0.2, 0.25) is 5.91 Å². The minimum atomic E-state index is -0.636. The van der Waals surface area contributed by atoms with Crippen molar-refractivity contribution in [3.63, 3.8) is 0 Å². The SMILES string of the molecule is O=C[C@@H]1C(=O)Nc2cc(Br)ccc21. The van der Waals surface area contributed by atoms with Crippen LogP contribution in [0.2, 0.25) is 0 Å². The fraction of sp³-hybridized carbons (Fsp3) is 0.111. The van der Waals surface area contributed by atoms with Gasteiger partial charge in [-0.25, -0.2) is 0 Å². The Morgan fingerprint density at radius 3 is 2.92 bits per heavy atom. The van der Waals surface area contributed by atoms with Crippen molar-refractivity contribution in [2.24, 2.45) is 0 Å². The highest BCUT2D eigenvalue weighted by molar-refractivity contribution is 9.10. The Morgan fingerprint density at radius 1 is 1.46 bits per heavy atom. The number of rotatable bonds is 1. The van der Waals surface area contributed by atoms with Gasteiger partial charge in [0.05, 0.1) is 0 Å². The zero-order valence-corrected chi connectivity index (χ0v) is 8.17. The van der Waals surface area contributed by atoms with Gasteiger partial charge >= 0.3 is 0 Å². The summed E-state index contributed by atoms with van der Waals surface area (Å²) < 4.78 is 0.887. The molecular weight excluding hydrogens is 234 g/mol. The molecule has 0 fully saturated rings. The van der Waals surface area contributed by atoms with Crippen LogP contribution >= 0.6 is 15.9 Å². The maximum Gasteiger partial charge on any atom is 0.239 e. The molecule has 1 aromatic carbocycles. The lowest BCUT2D eigenvalue weighted by atomic mass is 10.0. The van der Waals surface area contributed by atoms with Gasteiger partial charge in [-0.05, 0) is 17.7 Å². The van der Waals surface area contributed by atoms with Gasteiger partial charge in [-0.15, -0.1) is 0 Å². The molecule has 1 atom stereocenters. The monoisotopic (exact) mass is 239 g/mol. The third-order valence-corrected chi connectivity index (χ3v) is 2.52. The molecule has 0 bridgehead atoms. The van der Waals surface area contributed by atoms with E-state index in [9.17, 15) is 9.59 Å². The van der Waals surface area contributed by atoms with E-state index < -0.39 is 5.92 Å². The van der Waals surface area contributed by atoms with Crippen molar-refractivity contribution in [1.29, 1.82) is 0 Å². The number of aldehydes is 1. The summed E-state index contributed by atoms with van der Waals surface area (Å²) >= 11 is 3.29. The molecule has 0 aromatic heterocycles. The van der Waals surface area contributed by atoms with Crippen LogP contribution in [0.15, 0.2) is 22.7 Å². The third kappa shape index (κ3) is 1.27. The summed E-state index contributed by atoms with van der Waals surface area (Å²) in [6, 6.07) is 5.38. The molecule has 0 aliphatic carbocycles. The van der Waals surface area contributed by atoms with Crippen molar-refractivity contribution in [2.45, 2.75) is 5.92 Å². The van der Waals surface area contributed by atoms with E-state index in [0.29, 0.717) is 6.29 Å². The van der Waals surface area contributed by atoms with Crippen molar-refractivity contribution < 1.29 is 9.59 Å². The van der Waals surface area contributed by atoms with Gasteiger partial charge in [-0.1, -0.05) is 22.0 Å². The summed E-state index contributed by atoms with van der Waals surface area (Å²) in [4.78, 5) is 21.8. The molecule has 0 unspecified atom stereocenters. The van der Waals surface area contributed by atoms with Crippen LogP contribution in [-0.4, -0.2) is 12.2 Å². The largest absolute Gasteiger partial charge is 0.325 e. The summed E-state index contributed by atoms with van der Waals surface area (Å²) in [5.41, 5.74) is 1.47. The van der Waals surface area contributed by atoms with Crippen molar-refractivity contribution in [1.82, 2.24) is 0 Å². The van der Waals surface area contributed by atoms with Crippen LogP contribution in [0.3, 0.4) is 0 Å². The molecule has 1 aromatic rings. The first-order valence-corrected chi connectivity index (χ1v) is 4.57. The van der Waals surface area contributed by atoms with E-state index in [1.165, 1.54) is 0 Å². The van der Waals surface area contributed by atoms with Gasteiger partial charge < -0.3 is 10.1 Å². The lowest BCUT2D eigenvalue weighted by Gasteiger charge is -1.99. The molecule has 2 rings (SSSR count). The molecule has 1 heterocycles. The molecule has 3 nitrogen and oxygen atoms in total. The summed E-state index contributed by atoms with van der Waals surface area (Å²) in [5.74, 6) is -0.883. The van der Waals surface area contributed by atoms with Crippen molar-refractivity contribution in [3.8, 4) is 0 Å². The lowest BCUT2D eigenvalue weighted by Crippen LogP contribution is -2.12. The Labute approximate surface area is 83.3 Å². The Morgan fingerprint density at radius 2 is 2.23 bits per heavy atom. The molecule has 1 amide bonds. The number of hydrogen-bond acceptors (Lipinski definition) is 2. The molecule has 0 radical (unpaired) electrons. The molecule has 0 saturated heterocycles. The number of carbonyl (C=O) groups excluding carboxylic acids is 2. The molecule has 1 aliphatic heterocycles. The van der Waals surface area contributed by atoms with E-state index in [2.05, 4.69) is 21.2 Å². The third-order valence-electron chi connectivity index (χ3n) is 2.03. The first-order valence-electron chi connectivity index (χ1n) is 3.78. The number of anilines is 1. The standard InChI is InChI=1S/C9H6BrNO2/c10-5-1-2-6-7(4-12)9(13)11-8(6)3-5/h1-4,7H,(H,11,13)/t7-/m0/s1. The van der Waals surface area contributed by atoms with Crippen molar-refractivity contribution >= 4 is 33.8 Å². The van der Waals surface area contributed by atoms with Crippen LogP contribution in [0, 0.1) is 0 Å². The maximum atomic E-state index is 11.2. The van der Waals surface area contributed by atoms with E-state index in [1.807, 2.05) is 6.07 Å². The highest BCUT2D eigenvalue weighted by atomic mass is 79.9. The molecule has 0 saturated carbocycles. The van der Waals surface area contributed by atoms with Crippen LogP contribution in [0.1, 0.15) is 11.5 Å². The second kappa shape index (κ2) is 2.96. The van der Waals surface area contributed by atoms with Gasteiger partial charge in [0.1, 0.15) is 12.2 Å². The number of benzene rings is 1. The quantitative estimate of drug-likeness (QED) is 0.599. The van der Waals surface area contributed by atoms with Crippen molar-refractivity contribution in [2.75, 3.05) is 5.32 Å². The predicted octanol–water partition coefficient (Wildman–Crippen LogP) is 1.68. The van der Waals surface area contributed by atoms with Crippen LogP contribution in [0.25, 0.3) is 0 Å². The molecule has 1 aliphatic rings. The molecular formula is C9H6BrNO2. The van der Waals surface area contributed by atoms with Gasteiger partial charge in [-0.2, -0.15) is 0 Å². The van der Waals surface area contributed by atoms with E-state index in [-0.39, 0.29) is 5.91 Å². The minimum Gasteiger partial charge on any atom is -0.325 e. The average molecular weight is 240 g/mol. The van der Waals surface area contributed by atoms with E-state index >= 15 is 0 Å². The van der Waals surface area contributed by atoms with Crippen LogP contribution in [0.4, 0.5) is 5.69 Å². The Kier molecular flexibility index (Phi) is 1.92. The number of nitrogens with one attached hydrogen (secondary N) is 1. The first kappa shape index (κ1) is 8.44. The lowest BCUT2D eigenvalue weighted by molar-refractivity contribution is -0.121. The fourth-order valence-electron chi connectivity index (χ4n) is 1.39. The fourth-order valence-corrected chi connectivity index (χ4v) is 1.76. The maximum absolute atomic E-state index is 11.2. The first-order chi connectivity index (χ1) is 6.22. The number of amides is 1. The van der Waals surface area contributed by atoms with E-state index in [1.54, 1.807) is 12.1 Å². The van der Waals surface area contributed by atoms with Crippen LogP contribution < -0.4 is 5.32 Å². The summed E-state index contributed by atoms with van der Waals surface area (Å²) in [5, 5.41) is 2.64. The van der Waals surface area contributed by atoms with Crippen LogP contribution in [-0.2, 0) is 9.59 Å². The second-order valence-corrected chi connectivity index (χ2v) is 3.75. The molecule has 13 heavy (non-hydrogen) atoms. The van der Waals surface area contributed by atoms with E-state index in [0.717, 1.165) is 15.7 Å². The minimum absolute atomic E-state index is 0.247. The normalized spacial score (nSPS) is 19.5. The highest BCUT2D eigenvalue weighted by Crippen LogP contribution is 2.32. The summed E-state index contributed by atoms with van der Waals surface area (Å²) in [6.45, 7) is 0. The molecule has 4 heteroatoms. The highest BCUT2D eigenvalue weighted by Gasteiger charge is 2.29. The Hall–Kier alpha value is -1.16. The van der Waals surface area contributed by atoms with Gasteiger partial charge in [0.15, 0.2) is 0 Å². The number of halogens is 1. The number of hydrogen-bond donors (Lipinski definition) is 1. The molecule has 66 valence electrons. The molecule has 0 spiro atoms. The van der Waals surface area contributed by atoms with E-state index in [4.69, 9.17) is 0 Å². The second-order valence-electron chi connectivity index (χ2n) is 2.83. The zero-order chi connectivity index (χ0) is 9.42. The smallest absolute Gasteiger partial charge is 0.239 e. The zero-order valence-electron chi connectivity index (χ0n) is 6.58. The summed E-state index contributed by atoms with van der Waals surface area (Å²) in [6.07, 6.45) is 0.662. The summed E-state index contributed by atoms with van der Waals surface area (Å²) in [7, 11) is 0. The van der Waals surface area contributed by atoms with Gasteiger partial charge in [0, 0.05) is 10.2 Å². The molecule has 1 N–H and O–H groups in total. The Balaban J connectivity index is 2.54.